The molecule has 1 saturated heterocycles. The lowest BCUT2D eigenvalue weighted by Crippen LogP contribution is -2.42. The minimum Gasteiger partial charge on any atom is -0.376 e. The molecule has 13 heavy (non-hydrogen) atoms. The van der Waals surface area contributed by atoms with Crippen LogP contribution in [-0.4, -0.2) is 23.1 Å². The topological polar surface area (TPSA) is 29.3 Å². The van der Waals surface area contributed by atoms with Crippen LogP contribution in [0, 0.1) is 5.92 Å². The van der Waals surface area contributed by atoms with Crippen LogP contribution in [0.5, 0.6) is 0 Å². The lowest BCUT2D eigenvalue weighted by atomic mass is 9.85. The third-order valence-corrected chi connectivity index (χ3v) is 3.08. The van der Waals surface area contributed by atoms with Crippen molar-refractivity contribution < 1.29 is 0 Å². The molecule has 1 unspecified atom stereocenters. The van der Waals surface area contributed by atoms with Crippen LogP contribution in [0.4, 0.5) is 0 Å². The normalized spacial score (nSPS) is 26.6. The second kappa shape index (κ2) is 3.50. The Morgan fingerprint density at radius 2 is 2.46 bits per heavy atom. The largest absolute Gasteiger partial charge is 0.376 e. The molecule has 2 aliphatic rings. The van der Waals surface area contributed by atoms with Crippen molar-refractivity contribution in [2.45, 2.75) is 12.8 Å². The molecule has 2 N–H and O–H groups in total. The third kappa shape index (κ3) is 1.75. The van der Waals surface area contributed by atoms with E-state index in [1.807, 2.05) is 0 Å². The zero-order valence-electron chi connectivity index (χ0n) is 7.57. The van der Waals surface area contributed by atoms with E-state index in [1.165, 1.54) is 18.4 Å². The molecule has 1 heterocycles. The van der Waals surface area contributed by atoms with Gasteiger partial charge < -0.3 is 10.6 Å². The number of thiocarbonyl (C=S) groups is 1. The molecule has 1 aliphatic carbocycles. The van der Waals surface area contributed by atoms with E-state index < -0.39 is 0 Å². The zero-order valence-corrected chi connectivity index (χ0v) is 8.39. The van der Waals surface area contributed by atoms with Gasteiger partial charge >= 0.3 is 0 Å². The molecule has 0 aromatic heterocycles. The summed E-state index contributed by atoms with van der Waals surface area (Å²) in [5.41, 5.74) is 7.09. The Hall–Kier alpha value is -0.830. The molecular weight excluding hydrogens is 180 g/mol. The van der Waals surface area contributed by atoms with Crippen molar-refractivity contribution in [3.05, 3.63) is 23.8 Å². The second-order valence-electron chi connectivity index (χ2n) is 3.65. The van der Waals surface area contributed by atoms with Crippen molar-refractivity contribution in [2.24, 2.45) is 11.7 Å². The molecule has 3 heteroatoms. The van der Waals surface area contributed by atoms with Gasteiger partial charge in [0, 0.05) is 13.1 Å². The van der Waals surface area contributed by atoms with E-state index in [-0.39, 0.29) is 0 Å². The number of likely N-dealkylation sites (tertiary alicyclic amines) is 1. The maximum Gasteiger partial charge on any atom is 0.166 e. The predicted molar refractivity (Wildman–Crippen MR) is 58.3 cm³/mol. The summed E-state index contributed by atoms with van der Waals surface area (Å²) in [5.74, 6) is 0.746. The van der Waals surface area contributed by atoms with Gasteiger partial charge in [-0.05, 0) is 36.6 Å². The second-order valence-corrected chi connectivity index (χ2v) is 4.07. The highest BCUT2D eigenvalue weighted by Gasteiger charge is 2.24. The van der Waals surface area contributed by atoms with Gasteiger partial charge in [-0.2, -0.15) is 0 Å². The van der Waals surface area contributed by atoms with Gasteiger partial charge in [0.25, 0.3) is 0 Å². The zero-order chi connectivity index (χ0) is 9.26. The highest BCUT2D eigenvalue weighted by Crippen LogP contribution is 2.28. The molecular formula is C10H14N2S. The molecule has 0 spiro atoms. The number of hydrogen-bond acceptors (Lipinski definition) is 1. The number of allylic oxidation sites excluding steroid dienone is 3. The van der Waals surface area contributed by atoms with E-state index in [9.17, 15) is 0 Å². The average Bonchev–Trinajstić information content (AvgIpc) is 2.17. The lowest BCUT2D eigenvalue weighted by molar-refractivity contribution is 0.336. The first-order valence-electron chi connectivity index (χ1n) is 4.67. The monoisotopic (exact) mass is 194 g/mol. The number of piperidine rings is 1. The van der Waals surface area contributed by atoms with Gasteiger partial charge in [0.1, 0.15) is 0 Å². The Bertz CT molecular complexity index is 281. The van der Waals surface area contributed by atoms with E-state index in [0.29, 0.717) is 5.11 Å². The summed E-state index contributed by atoms with van der Waals surface area (Å²) >= 11 is 4.97. The fourth-order valence-electron chi connectivity index (χ4n) is 2.01. The summed E-state index contributed by atoms with van der Waals surface area (Å²) in [7, 11) is 0. The molecule has 1 fully saturated rings. The molecule has 2 nitrogen and oxygen atoms in total. The van der Waals surface area contributed by atoms with Crippen molar-refractivity contribution in [1.29, 1.82) is 0 Å². The van der Waals surface area contributed by atoms with Crippen LogP contribution in [0.25, 0.3) is 0 Å². The lowest BCUT2D eigenvalue weighted by Gasteiger charge is -2.35. The first kappa shape index (κ1) is 8.75. The van der Waals surface area contributed by atoms with Crippen LogP contribution in [0.1, 0.15) is 12.8 Å². The maximum absolute atomic E-state index is 5.60. The average molecular weight is 194 g/mol. The Kier molecular flexibility index (Phi) is 2.36. The van der Waals surface area contributed by atoms with Gasteiger partial charge in [-0.25, -0.2) is 0 Å². The Balaban J connectivity index is 2.09. The minimum atomic E-state index is 0.536. The minimum absolute atomic E-state index is 0.536. The summed E-state index contributed by atoms with van der Waals surface area (Å²) in [6, 6.07) is 0. The number of nitrogens with zero attached hydrogens (tertiary/aromatic N) is 1. The Labute approximate surface area is 84.1 Å². The molecule has 0 bridgehead atoms. The molecule has 0 radical (unpaired) electrons. The number of hydrogen-bond donors (Lipinski definition) is 1. The van der Waals surface area contributed by atoms with E-state index in [4.69, 9.17) is 18.0 Å². The predicted octanol–water partition coefficient (Wildman–Crippen LogP) is 1.44. The molecule has 2 rings (SSSR count). The highest BCUT2D eigenvalue weighted by molar-refractivity contribution is 7.80. The third-order valence-electron chi connectivity index (χ3n) is 2.82. The van der Waals surface area contributed by atoms with Gasteiger partial charge in [-0.3, -0.25) is 0 Å². The van der Waals surface area contributed by atoms with Gasteiger partial charge in [0.2, 0.25) is 0 Å². The molecule has 1 atom stereocenters. The smallest absolute Gasteiger partial charge is 0.166 e. The van der Waals surface area contributed by atoms with Gasteiger partial charge in [-0.15, -0.1) is 0 Å². The first-order chi connectivity index (χ1) is 6.27. The fourth-order valence-corrected chi connectivity index (χ4v) is 2.16. The van der Waals surface area contributed by atoms with Gasteiger partial charge in [-0.1, -0.05) is 18.2 Å². The van der Waals surface area contributed by atoms with Crippen molar-refractivity contribution in [3.63, 3.8) is 0 Å². The molecule has 0 aromatic carbocycles. The molecule has 1 aliphatic heterocycles. The number of fused-ring (bicyclic) bond motifs is 1. The van der Waals surface area contributed by atoms with E-state index in [2.05, 4.69) is 23.1 Å². The van der Waals surface area contributed by atoms with E-state index >= 15 is 0 Å². The highest BCUT2D eigenvalue weighted by atomic mass is 32.1. The molecule has 70 valence electrons. The molecule has 0 saturated carbocycles. The van der Waals surface area contributed by atoms with Crippen molar-refractivity contribution in [1.82, 2.24) is 4.90 Å². The molecule has 0 aromatic rings. The fraction of sp³-hybridized carbons (Fsp3) is 0.500. The SMILES string of the molecule is NC(=S)N1CCC2CC=CC=C2C1. The standard InChI is InChI=1S/C10H14N2S/c11-10(13)12-6-5-8-3-1-2-4-9(8)7-12/h1-2,4,8H,3,5-7H2,(H2,11,13). The summed E-state index contributed by atoms with van der Waals surface area (Å²) in [6.45, 7) is 1.95. The van der Waals surface area contributed by atoms with Crippen molar-refractivity contribution in [2.75, 3.05) is 13.1 Å². The van der Waals surface area contributed by atoms with Crippen LogP contribution in [0.15, 0.2) is 23.8 Å². The molecule has 0 amide bonds. The van der Waals surface area contributed by atoms with E-state index in [0.717, 1.165) is 19.0 Å². The Morgan fingerprint density at radius 1 is 1.62 bits per heavy atom. The van der Waals surface area contributed by atoms with Crippen LogP contribution in [-0.2, 0) is 0 Å². The number of nitrogens with two attached hydrogens (primary N) is 1. The van der Waals surface area contributed by atoms with Crippen molar-refractivity contribution in [3.8, 4) is 0 Å². The summed E-state index contributed by atoms with van der Waals surface area (Å²) in [5, 5.41) is 0.536. The van der Waals surface area contributed by atoms with Crippen LogP contribution in [0.3, 0.4) is 0 Å². The first-order valence-corrected chi connectivity index (χ1v) is 5.08. The quantitative estimate of drug-likeness (QED) is 0.592. The van der Waals surface area contributed by atoms with E-state index in [1.54, 1.807) is 0 Å². The van der Waals surface area contributed by atoms with Crippen molar-refractivity contribution >= 4 is 17.3 Å². The van der Waals surface area contributed by atoms with Gasteiger partial charge in [0.05, 0.1) is 0 Å². The van der Waals surface area contributed by atoms with Gasteiger partial charge in [0.15, 0.2) is 5.11 Å². The van der Waals surface area contributed by atoms with Crippen LogP contribution < -0.4 is 5.73 Å². The summed E-state index contributed by atoms with van der Waals surface area (Å²) in [4.78, 5) is 2.08. The van der Waals surface area contributed by atoms with Crippen LogP contribution >= 0.6 is 12.2 Å². The number of rotatable bonds is 0. The summed E-state index contributed by atoms with van der Waals surface area (Å²) in [6.07, 6.45) is 8.96. The maximum atomic E-state index is 5.60. The Morgan fingerprint density at radius 3 is 3.23 bits per heavy atom. The summed E-state index contributed by atoms with van der Waals surface area (Å²) < 4.78 is 0. The van der Waals surface area contributed by atoms with Crippen LogP contribution in [0.2, 0.25) is 0 Å².